The number of aliphatic hydroxyl groups is 1. The zero-order chi connectivity index (χ0) is 10.1. The molecule has 0 bridgehead atoms. The minimum atomic E-state index is -0.140. The van der Waals surface area contributed by atoms with Crippen molar-refractivity contribution in [2.45, 2.75) is 32.7 Å². The van der Waals surface area contributed by atoms with Crippen molar-refractivity contribution in [3.8, 4) is 0 Å². The largest absolute Gasteiger partial charge is 0.396 e. The van der Waals surface area contributed by atoms with Crippen LogP contribution in [0.2, 0.25) is 0 Å². The second kappa shape index (κ2) is 8.01. The van der Waals surface area contributed by atoms with Crippen molar-refractivity contribution in [1.29, 1.82) is 0 Å². The molecule has 0 saturated heterocycles. The molecule has 1 unspecified atom stereocenters. The number of carbonyl (C=O) groups is 1. The number of carbonyl (C=O) groups excluding carboxylic acids is 1. The first-order valence-corrected chi connectivity index (χ1v) is 4.84. The normalized spacial score (nSPS) is 12.5. The second-order valence-corrected chi connectivity index (χ2v) is 3.00. The maximum Gasteiger partial charge on any atom is 0.236 e. The Bertz CT molecular complexity index is 140. The zero-order valence-electron chi connectivity index (χ0n) is 8.47. The summed E-state index contributed by atoms with van der Waals surface area (Å²) in [6.45, 7) is 5.40. The van der Waals surface area contributed by atoms with Crippen LogP contribution in [0.25, 0.3) is 0 Å². The first kappa shape index (κ1) is 12.4. The predicted octanol–water partition coefficient (Wildman–Crippen LogP) is -0.127. The first-order valence-electron chi connectivity index (χ1n) is 4.84. The lowest BCUT2D eigenvalue weighted by Gasteiger charge is -2.12. The van der Waals surface area contributed by atoms with Crippen molar-refractivity contribution in [1.82, 2.24) is 10.6 Å². The smallest absolute Gasteiger partial charge is 0.236 e. The summed E-state index contributed by atoms with van der Waals surface area (Å²) < 4.78 is 0. The molecule has 4 heteroatoms. The number of likely N-dealkylation sites (N-methyl/N-ethyl adjacent to an activating group) is 1. The van der Waals surface area contributed by atoms with Gasteiger partial charge in [0.2, 0.25) is 5.91 Å². The number of aliphatic hydroxyl groups excluding tert-OH is 1. The molecule has 0 fully saturated rings. The van der Waals surface area contributed by atoms with Crippen LogP contribution in [0.4, 0.5) is 0 Å². The molecule has 0 aromatic carbocycles. The Labute approximate surface area is 79.7 Å². The van der Waals surface area contributed by atoms with Gasteiger partial charge in [0.1, 0.15) is 0 Å². The van der Waals surface area contributed by atoms with Crippen LogP contribution in [-0.4, -0.2) is 36.8 Å². The quantitative estimate of drug-likeness (QED) is 0.488. The summed E-state index contributed by atoms with van der Waals surface area (Å²) in [7, 11) is 0. The van der Waals surface area contributed by atoms with Gasteiger partial charge in [-0.3, -0.25) is 4.79 Å². The van der Waals surface area contributed by atoms with Crippen molar-refractivity contribution in [2.24, 2.45) is 0 Å². The maximum absolute atomic E-state index is 11.2. The molecule has 0 radical (unpaired) electrons. The molecule has 0 heterocycles. The van der Waals surface area contributed by atoms with Crippen molar-refractivity contribution in [2.75, 3.05) is 19.7 Å². The SMILES string of the molecule is CCNC(=O)C(C)NCCCCO. The van der Waals surface area contributed by atoms with Crippen molar-refractivity contribution in [3.05, 3.63) is 0 Å². The van der Waals surface area contributed by atoms with E-state index in [1.807, 2.05) is 13.8 Å². The molecule has 1 amide bonds. The summed E-state index contributed by atoms with van der Waals surface area (Å²) in [6.07, 6.45) is 1.69. The molecule has 0 aliphatic carbocycles. The minimum Gasteiger partial charge on any atom is -0.396 e. The lowest BCUT2D eigenvalue weighted by molar-refractivity contribution is -0.122. The van der Waals surface area contributed by atoms with Crippen molar-refractivity contribution < 1.29 is 9.90 Å². The van der Waals surface area contributed by atoms with E-state index in [2.05, 4.69) is 10.6 Å². The molecule has 3 N–H and O–H groups in total. The van der Waals surface area contributed by atoms with Gasteiger partial charge in [-0.15, -0.1) is 0 Å². The van der Waals surface area contributed by atoms with Crippen molar-refractivity contribution >= 4 is 5.91 Å². The summed E-state index contributed by atoms with van der Waals surface area (Å²) in [5, 5.41) is 14.3. The first-order chi connectivity index (χ1) is 6.22. The third kappa shape index (κ3) is 6.54. The molecule has 0 aliphatic rings. The standard InChI is InChI=1S/C9H20N2O2/c1-3-10-9(13)8(2)11-6-4-5-7-12/h8,11-12H,3-7H2,1-2H3,(H,10,13). The van der Waals surface area contributed by atoms with Gasteiger partial charge >= 0.3 is 0 Å². The Morgan fingerprint density at radius 2 is 2.15 bits per heavy atom. The van der Waals surface area contributed by atoms with Crippen LogP contribution in [-0.2, 0) is 4.79 Å². The average Bonchev–Trinajstić information content (AvgIpc) is 2.12. The van der Waals surface area contributed by atoms with E-state index < -0.39 is 0 Å². The minimum absolute atomic E-state index is 0.0338. The van der Waals surface area contributed by atoms with Crippen LogP contribution in [0, 0.1) is 0 Å². The van der Waals surface area contributed by atoms with E-state index in [1.54, 1.807) is 0 Å². The summed E-state index contributed by atoms with van der Waals surface area (Å²) in [4.78, 5) is 11.2. The topological polar surface area (TPSA) is 61.4 Å². The van der Waals surface area contributed by atoms with E-state index in [4.69, 9.17) is 5.11 Å². The Morgan fingerprint density at radius 1 is 1.46 bits per heavy atom. The van der Waals surface area contributed by atoms with Gasteiger partial charge in [0, 0.05) is 13.2 Å². The van der Waals surface area contributed by atoms with Crippen LogP contribution < -0.4 is 10.6 Å². The molecule has 0 spiro atoms. The monoisotopic (exact) mass is 188 g/mol. The van der Waals surface area contributed by atoms with E-state index in [9.17, 15) is 4.79 Å². The molecule has 0 aromatic rings. The Morgan fingerprint density at radius 3 is 2.69 bits per heavy atom. The Hall–Kier alpha value is -0.610. The Kier molecular flexibility index (Phi) is 7.63. The molecular weight excluding hydrogens is 168 g/mol. The average molecular weight is 188 g/mol. The Balaban J connectivity index is 3.38. The van der Waals surface area contributed by atoms with Gasteiger partial charge in [-0.05, 0) is 33.2 Å². The number of amides is 1. The molecule has 0 rings (SSSR count). The van der Waals surface area contributed by atoms with E-state index in [0.29, 0.717) is 6.54 Å². The lowest BCUT2D eigenvalue weighted by Crippen LogP contribution is -2.42. The highest BCUT2D eigenvalue weighted by molar-refractivity contribution is 5.81. The number of rotatable bonds is 7. The van der Waals surface area contributed by atoms with Gasteiger partial charge < -0.3 is 15.7 Å². The molecule has 0 aliphatic heterocycles. The van der Waals surface area contributed by atoms with E-state index in [0.717, 1.165) is 19.4 Å². The highest BCUT2D eigenvalue weighted by atomic mass is 16.2. The third-order valence-corrected chi connectivity index (χ3v) is 1.78. The van der Waals surface area contributed by atoms with Gasteiger partial charge in [-0.2, -0.15) is 0 Å². The van der Waals surface area contributed by atoms with E-state index in [1.165, 1.54) is 0 Å². The number of unbranched alkanes of at least 4 members (excludes halogenated alkanes) is 1. The molecular formula is C9H20N2O2. The molecule has 78 valence electrons. The molecule has 13 heavy (non-hydrogen) atoms. The van der Waals surface area contributed by atoms with Gasteiger partial charge in [0.05, 0.1) is 6.04 Å². The van der Waals surface area contributed by atoms with Gasteiger partial charge in [0.15, 0.2) is 0 Å². The van der Waals surface area contributed by atoms with Crippen LogP contribution >= 0.6 is 0 Å². The maximum atomic E-state index is 11.2. The van der Waals surface area contributed by atoms with Gasteiger partial charge in [0.25, 0.3) is 0 Å². The van der Waals surface area contributed by atoms with Crippen molar-refractivity contribution in [3.63, 3.8) is 0 Å². The third-order valence-electron chi connectivity index (χ3n) is 1.78. The number of nitrogens with one attached hydrogen (secondary N) is 2. The van der Waals surface area contributed by atoms with Gasteiger partial charge in [-0.1, -0.05) is 0 Å². The summed E-state index contributed by atoms with van der Waals surface area (Å²) >= 11 is 0. The van der Waals surface area contributed by atoms with Crippen LogP contribution in [0.1, 0.15) is 26.7 Å². The predicted molar refractivity (Wildman–Crippen MR) is 52.5 cm³/mol. The summed E-state index contributed by atoms with van der Waals surface area (Å²) in [5.74, 6) is 0.0338. The molecule has 0 aromatic heterocycles. The van der Waals surface area contributed by atoms with Crippen LogP contribution in [0.3, 0.4) is 0 Å². The second-order valence-electron chi connectivity index (χ2n) is 3.00. The lowest BCUT2D eigenvalue weighted by atomic mass is 10.2. The molecule has 0 saturated carbocycles. The summed E-state index contributed by atoms with van der Waals surface area (Å²) in [5.41, 5.74) is 0. The number of hydrogen-bond acceptors (Lipinski definition) is 3. The fourth-order valence-corrected chi connectivity index (χ4v) is 0.975. The number of hydrogen-bond donors (Lipinski definition) is 3. The van der Waals surface area contributed by atoms with E-state index >= 15 is 0 Å². The summed E-state index contributed by atoms with van der Waals surface area (Å²) in [6, 6.07) is -0.140. The highest BCUT2D eigenvalue weighted by Gasteiger charge is 2.09. The fourth-order valence-electron chi connectivity index (χ4n) is 0.975. The molecule has 4 nitrogen and oxygen atoms in total. The van der Waals surface area contributed by atoms with Crippen LogP contribution in [0.15, 0.2) is 0 Å². The van der Waals surface area contributed by atoms with E-state index in [-0.39, 0.29) is 18.6 Å². The molecule has 1 atom stereocenters. The fraction of sp³-hybridized carbons (Fsp3) is 0.889. The van der Waals surface area contributed by atoms with Gasteiger partial charge in [-0.25, -0.2) is 0 Å². The zero-order valence-corrected chi connectivity index (χ0v) is 8.47. The highest BCUT2D eigenvalue weighted by Crippen LogP contribution is 1.87. The van der Waals surface area contributed by atoms with Crippen LogP contribution in [0.5, 0.6) is 0 Å².